The molecule has 36 heavy (non-hydrogen) atoms. The number of rotatable bonds is 5. The number of furan rings is 1. The minimum absolute atomic E-state index is 0.303. The lowest BCUT2D eigenvalue weighted by Crippen LogP contribution is -2.25. The smallest absolute Gasteiger partial charge is 0.339 e. The Bertz CT molecular complexity index is 1570. The number of carboxylic acid groups (broad SMARTS) is 1. The maximum absolute atomic E-state index is 13.5. The molecule has 4 aromatic rings. The van der Waals surface area contributed by atoms with Crippen molar-refractivity contribution in [3.63, 3.8) is 0 Å². The normalized spacial score (nSPS) is 14.4. The summed E-state index contributed by atoms with van der Waals surface area (Å²) in [5, 5.41) is 20.2. The first-order chi connectivity index (χ1) is 17.3. The van der Waals surface area contributed by atoms with Gasteiger partial charge in [0.2, 0.25) is 0 Å². The van der Waals surface area contributed by atoms with Crippen molar-refractivity contribution in [2.24, 2.45) is 0 Å². The van der Waals surface area contributed by atoms with Crippen molar-refractivity contribution in [1.82, 2.24) is 0 Å². The van der Waals surface area contributed by atoms with E-state index in [1.807, 2.05) is 30.3 Å². The standard InChI is InChI=1S/C28H17Cl2NO5/c29-22-9-6-17(13-23(22)30)26-11-8-20(36-26)12-18-14-24(16-4-2-1-3-5-16)31(27(18)33)19-7-10-25(32)21(15-19)28(34)35/h1-15,32H,(H,34,35)/b18-12+. The Morgan fingerprint density at radius 3 is 2.39 bits per heavy atom. The van der Waals surface area contributed by atoms with Crippen molar-refractivity contribution in [2.45, 2.75) is 0 Å². The number of phenols is 1. The highest BCUT2D eigenvalue weighted by atomic mass is 35.5. The highest BCUT2D eigenvalue weighted by Gasteiger charge is 2.31. The molecule has 3 aromatic carbocycles. The molecule has 0 spiro atoms. The lowest BCUT2D eigenvalue weighted by molar-refractivity contribution is -0.113. The highest BCUT2D eigenvalue weighted by molar-refractivity contribution is 6.42. The molecule has 0 fully saturated rings. The first-order valence-corrected chi connectivity index (χ1v) is 11.5. The number of aromatic hydroxyl groups is 1. The fourth-order valence-corrected chi connectivity index (χ4v) is 4.21. The van der Waals surface area contributed by atoms with Gasteiger partial charge in [-0.05, 0) is 66.2 Å². The van der Waals surface area contributed by atoms with E-state index in [1.165, 1.54) is 23.1 Å². The molecule has 0 radical (unpaired) electrons. The van der Waals surface area contributed by atoms with Crippen LogP contribution in [0.4, 0.5) is 5.69 Å². The van der Waals surface area contributed by atoms with E-state index in [-0.39, 0.29) is 17.2 Å². The molecule has 0 bridgehead atoms. The van der Waals surface area contributed by atoms with Gasteiger partial charge in [0.1, 0.15) is 22.8 Å². The van der Waals surface area contributed by atoms with E-state index in [0.717, 1.165) is 11.1 Å². The molecule has 1 amide bonds. The fourth-order valence-electron chi connectivity index (χ4n) is 3.92. The second kappa shape index (κ2) is 9.41. The van der Waals surface area contributed by atoms with Crippen LogP contribution < -0.4 is 4.90 Å². The Balaban J connectivity index is 1.56. The molecule has 0 unspecified atom stereocenters. The monoisotopic (exact) mass is 517 g/mol. The number of nitrogens with zero attached hydrogens (tertiary/aromatic N) is 1. The summed E-state index contributed by atoms with van der Waals surface area (Å²) in [5.41, 5.74) is 2.40. The summed E-state index contributed by atoms with van der Waals surface area (Å²) in [6, 6.07) is 21.9. The third-order valence-corrected chi connectivity index (χ3v) is 6.39. The van der Waals surface area contributed by atoms with Gasteiger partial charge in [-0.3, -0.25) is 9.69 Å². The van der Waals surface area contributed by atoms with Crippen LogP contribution in [-0.4, -0.2) is 22.1 Å². The highest BCUT2D eigenvalue weighted by Crippen LogP contribution is 2.37. The number of carbonyl (C=O) groups is 2. The zero-order valence-corrected chi connectivity index (χ0v) is 20.0. The lowest BCUT2D eigenvalue weighted by atomic mass is 10.1. The van der Waals surface area contributed by atoms with Crippen LogP contribution in [0, 0.1) is 0 Å². The molecule has 1 aromatic heterocycles. The number of anilines is 1. The number of hydrogen-bond acceptors (Lipinski definition) is 4. The molecule has 0 saturated carbocycles. The number of hydrogen-bond donors (Lipinski definition) is 2. The zero-order chi connectivity index (χ0) is 25.4. The molecular formula is C28H17Cl2NO5. The molecule has 178 valence electrons. The predicted octanol–water partition coefficient (Wildman–Crippen LogP) is 7.13. The SMILES string of the molecule is O=C(O)c1cc(N2C(=O)/C(=C/c3ccc(-c4ccc(Cl)c(Cl)c4)o3)C=C2c2ccccc2)ccc1O. The van der Waals surface area contributed by atoms with Gasteiger partial charge in [-0.2, -0.15) is 0 Å². The number of carbonyl (C=O) groups excluding carboxylic acids is 1. The van der Waals surface area contributed by atoms with Crippen molar-refractivity contribution < 1.29 is 24.2 Å². The topological polar surface area (TPSA) is 91.0 Å². The van der Waals surface area contributed by atoms with Crippen molar-refractivity contribution in [2.75, 3.05) is 4.90 Å². The molecule has 8 heteroatoms. The average molecular weight is 518 g/mol. The summed E-state index contributed by atoms with van der Waals surface area (Å²) in [4.78, 5) is 26.5. The first kappa shape index (κ1) is 23.5. The largest absolute Gasteiger partial charge is 0.507 e. The van der Waals surface area contributed by atoms with Gasteiger partial charge in [0.25, 0.3) is 5.91 Å². The van der Waals surface area contributed by atoms with Crippen LogP contribution in [0.3, 0.4) is 0 Å². The number of halogens is 2. The van der Waals surface area contributed by atoms with Gasteiger partial charge < -0.3 is 14.6 Å². The van der Waals surface area contributed by atoms with E-state index < -0.39 is 5.97 Å². The van der Waals surface area contributed by atoms with E-state index >= 15 is 0 Å². The molecule has 5 rings (SSSR count). The maximum Gasteiger partial charge on any atom is 0.339 e. The zero-order valence-electron chi connectivity index (χ0n) is 18.5. The molecule has 0 aliphatic carbocycles. The van der Waals surface area contributed by atoms with Crippen molar-refractivity contribution in [3.05, 3.63) is 117 Å². The molecule has 1 aliphatic rings. The summed E-state index contributed by atoms with van der Waals surface area (Å²) >= 11 is 12.1. The number of aromatic carboxylic acids is 1. The van der Waals surface area contributed by atoms with Crippen molar-refractivity contribution in [1.29, 1.82) is 0 Å². The molecule has 0 atom stereocenters. The van der Waals surface area contributed by atoms with Gasteiger partial charge in [0.15, 0.2) is 0 Å². The predicted molar refractivity (Wildman–Crippen MR) is 139 cm³/mol. The van der Waals surface area contributed by atoms with E-state index in [9.17, 15) is 19.8 Å². The number of carboxylic acids is 1. The second-order valence-corrected chi connectivity index (χ2v) is 8.79. The Hall–Kier alpha value is -4.26. The average Bonchev–Trinajstić information content (AvgIpc) is 3.46. The molecular weight excluding hydrogens is 501 g/mol. The summed E-state index contributed by atoms with van der Waals surface area (Å²) in [7, 11) is 0. The van der Waals surface area contributed by atoms with Gasteiger partial charge >= 0.3 is 5.97 Å². The first-order valence-electron chi connectivity index (χ1n) is 10.8. The van der Waals surface area contributed by atoms with Crippen molar-refractivity contribution in [3.8, 4) is 17.1 Å². The van der Waals surface area contributed by atoms with Crippen LogP contribution in [-0.2, 0) is 4.79 Å². The second-order valence-electron chi connectivity index (χ2n) is 7.97. The third kappa shape index (κ3) is 4.40. The van der Waals surface area contributed by atoms with Crippen molar-refractivity contribution >= 4 is 52.5 Å². The maximum atomic E-state index is 13.5. The van der Waals surface area contributed by atoms with Crippen LogP contribution in [0.15, 0.2) is 94.9 Å². The van der Waals surface area contributed by atoms with Gasteiger partial charge in [0, 0.05) is 11.1 Å². The van der Waals surface area contributed by atoms with Gasteiger partial charge in [0.05, 0.1) is 21.4 Å². The van der Waals surface area contributed by atoms with Crippen LogP contribution in [0.2, 0.25) is 10.0 Å². The Morgan fingerprint density at radius 2 is 1.67 bits per heavy atom. The third-order valence-electron chi connectivity index (χ3n) is 5.65. The summed E-state index contributed by atoms with van der Waals surface area (Å²) in [6.45, 7) is 0. The Morgan fingerprint density at radius 1 is 0.889 bits per heavy atom. The lowest BCUT2D eigenvalue weighted by Gasteiger charge is -2.21. The summed E-state index contributed by atoms with van der Waals surface area (Å²) < 4.78 is 5.93. The molecule has 1 aliphatic heterocycles. The van der Waals surface area contributed by atoms with E-state index in [4.69, 9.17) is 27.6 Å². The number of benzene rings is 3. The van der Waals surface area contributed by atoms with E-state index in [2.05, 4.69) is 0 Å². The van der Waals surface area contributed by atoms with Gasteiger partial charge in [-0.1, -0.05) is 53.5 Å². The summed E-state index contributed by atoms with van der Waals surface area (Å²) in [5.74, 6) is -1.05. The Labute approximate surface area is 215 Å². The summed E-state index contributed by atoms with van der Waals surface area (Å²) in [6.07, 6.45) is 3.33. The van der Waals surface area contributed by atoms with E-state index in [0.29, 0.717) is 38.5 Å². The quantitative estimate of drug-likeness (QED) is 0.275. The van der Waals surface area contributed by atoms with Gasteiger partial charge in [-0.25, -0.2) is 4.79 Å². The Kier molecular flexibility index (Phi) is 6.14. The molecule has 0 saturated heterocycles. The fraction of sp³-hybridized carbons (Fsp3) is 0. The van der Waals surface area contributed by atoms with Crippen LogP contribution in [0.1, 0.15) is 21.7 Å². The molecule has 2 heterocycles. The van der Waals surface area contributed by atoms with Gasteiger partial charge in [-0.15, -0.1) is 0 Å². The minimum atomic E-state index is -1.30. The molecule has 6 nitrogen and oxygen atoms in total. The molecule has 2 N–H and O–H groups in total. The number of amides is 1. The van der Waals surface area contributed by atoms with Crippen LogP contribution in [0.25, 0.3) is 23.1 Å². The minimum Gasteiger partial charge on any atom is -0.507 e. The van der Waals surface area contributed by atoms with Crippen LogP contribution in [0.5, 0.6) is 5.75 Å². The van der Waals surface area contributed by atoms with E-state index in [1.54, 1.807) is 42.5 Å². The van der Waals surface area contributed by atoms with Crippen LogP contribution >= 0.6 is 23.2 Å².